The van der Waals surface area contributed by atoms with Gasteiger partial charge in [0.05, 0.1) is 12.8 Å². The van der Waals surface area contributed by atoms with Crippen LogP contribution in [0.25, 0.3) is 0 Å². The van der Waals surface area contributed by atoms with Gasteiger partial charge in [-0.05, 0) is 19.1 Å². The average molecular weight is 288 g/mol. The van der Waals surface area contributed by atoms with Gasteiger partial charge in [0, 0.05) is 29.8 Å². The molecule has 0 aliphatic heterocycles. The Balaban J connectivity index is 2.55. The van der Waals surface area contributed by atoms with Gasteiger partial charge in [-0.1, -0.05) is 32.4 Å². The summed E-state index contributed by atoms with van der Waals surface area (Å²) in [5.74, 6) is 0.691. The first-order valence-electron chi connectivity index (χ1n) is 7.10. The lowest BCUT2D eigenvalue weighted by Gasteiger charge is -2.21. The summed E-state index contributed by atoms with van der Waals surface area (Å²) in [5, 5.41) is 15.4. The van der Waals surface area contributed by atoms with Crippen LogP contribution in [0.1, 0.15) is 49.3 Å². The van der Waals surface area contributed by atoms with Crippen molar-refractivity contribution in [3.05, 3.63) is 46.8 Å². The van der Waals surface area contributed by atoms with Gasteiger partial charge >= 0.3 is 0 Å². The van der Waals surface area contributed by atoms with Crippen LogP contribution in [0.4, 0.5) is 0 Å². The third-order valence-corrected chi connectivity index (χ3v) is 3.54. The number of hydrogen-bond acceptors (Lipinski definition) is 3. The summed E-state index contributed by atoms with van der Waals surface area (Å²) in [5.41, 5.74) is 3.46. The number of benzene rings is 1. The minimum atomic E-state index is -0.747. The number of methoxy groups -OCH3 is 1. The van der Waals surface area contributed by atoms with E-state index in [-0.39, 0.29) is 5.41 Å². The Kier molecular flexibility index (Phi) is 4.10. The molecule has 0 saturated carbocycles. The Hall–Kier alpha value is -1.81. The number of aliphatic hydroxyl groups excluding tert-OH is 1. The Morgan fingerprint density at radius 1 is 1.24 bits per heavy atom. The second kappa shape index (κ2) is 5.53. The van der Waals surface area contributed by atoms with Crippen LogP contribution in [0.5, 0.6) is 5.75 Å². The van der Waals surface area contributed by atoms with Crippen molar-refractivity contribution in [2.75, 3.05) is 7.11 Å². The number of aliphatic hydroxyl groups is 1. The fourth-order valence-electron chi connectivity index (χ4n) is 2.52. The second-order valence-electron chi connectivity index (χ2n) is 6.50. The molecule has 2 aromatic rings. The number of aromatic nitrogens is 2. The topological polar surface area (TPSA) is 47.3 Å². The molecular formula is C17H24N2O2. The number of hydrogen-bond donors (Lipinski definition) is 1. The molecule has 0 radical (unpaired) electrons. The van der Waals surface area contributed by atoms with Crippen LogP contribution in [0.3, 0.4) is 0 Å². The SMILES string of the molecule is COc1ccc(C)cc1C(O)c1cn(C)nc1C(C)(C)C. The van der Waals surface area contributed by atoms with E-state index in [1.165, 1.54) is 0 Å². The van der Waals surface area contributed by atoms with Gasteiger partial charge in [-0.2, -0.15) is 5.10 Å². The molecule has 1 unspecified atom stereocenters. The number of ether oxygens (including phenoxy) is 1. The second-order valence-corrected chi connectivity index (χ2v) is 6.50. The van der Waals surface area contributed by atoms with Gasteiger partial charge in [-0.15, -0.1) is 0 Å². The zero-order chi connectivity index (χ0) is 15.8. The molecule has 1 N–H and O–H groups in total. The quantitative estimate of drug-likeness (QED) is 0.944. The summed E-state index contributed by atoms with van der Waals surface area (Å²) in [6.45, 7) is 8.29. The molecular weight excluding hydrogens is 264 g/mol. The molecule has 0 aliphatic rings. The first kappa shape index (κ1) is 15.6. The highest BCUT2D eigenvalue weighted by Gasteiger charge is 2.27. The van der Waals surface area contributed by atoms with Crippen molar-refractivity contribution in [1.29, 1.82) is 0 Å². The molecule has 1 atom stereocenters. The maximum Gasteiger partial charge on any atom is 0.125 e. The molecule has 1 aromatic carbocycles. The largest absolute Gasteiger partial charge is 0.496 e. The third kappa shape index (κ3) is 3.10. The molecule has 0 amide bonds. The van der Waals surface area contributed by atoms with E-state index in [4.69, 9.17) is 4.74 Å². The molecule has 1 aromatic heterocycles. The molecule has 0 aliphatic carbocycles. The van der Waals surface area contributed by atoms with Crippen molar-refractivity contribution in [2.24, 2.45) is 7.05 Å². The van der Waals surface area contributed by atoms with Gasteiger partial charge < -0.3 is 9.84 Å². The summed E-state index contributed by atoms with van der Waals surface area (Å²) >= 11 is 0. The predicted octanol–water partition coefficient (Wildman–Crippen LogP) is 3.12. The first-order chi connectivity index (χ1) is 9.74. The van der Waals surface area contributed by atoms with Crippen LogP contribution in [-0.2, 0) is 12.5 Å². The standard InChI is InChI=1S/C17H24N2O2/c1-11-7-8-14(21-6)12(9-11)15(20)13-10-19(5)18-16(13)17(2,3)4/h7-10,15,20H,1-6H3. The summed E-state index contributed by atoms with van der Waals surface area (Å²) in [6.07, 6.45) is 1.13. The van der Waals surface area contributed by atoms with Gasteiger partial charge in [-0.3, -0.25) is 4.68 Å². The molecule has 0 bridgehead atoms. The highest BCUT2D eigenvalue weighted by Crippen LogP contribution is 2.35. The highest BCUT2D eigenvalue weighted by molar-refractivity contribution is 5.44. The van der Waals surface area contributed by atoms with Crippen LogP contribution in [0.15, 0.2) is 24.4 Å². The Labute approximate surface area is 126 Å². The van der Waals surface area contributed by atoms with E-state index >= 15 is 0 Å². The van der Waals surface area contributed by atoms with E-state index in [9.17, 15) is 5.11 Å². The smallest absolute Gasteiger partial charge is 0.125 e. The van der Waals surface area contributed by atoms with E-state index in [2.05, 4.69) is 25.9 Å². The van der Waals surface area contributed by atoms with Crippen molar-refractivity contribution in [3.63, 3.8) is 0 Å². The predicted molar refractivity (Wildman–Crippen MR) is 83.7 cm³/mol. The summed E-state index contributed by atoms with van der Waals surface area (Å²) < 4.78 is 7.14. The van der Waals surface area contributed by atoms with Gasteiger partial charge in [0.25, 0.3) is 0 Å². The fraction of sp³-hybridized carbons (Fsp3) is 0.471. The molecule has 0 saturated heterocycles. The number of rotatable bonds is 3. The van der Waals surface area contributed by atoms with E-state index in [0.29, 0.717) is 5.75 Å². The summed E-state index contributed by atoms with van der Waals surface area (Å²) in [6, 6.07) is 5.83. The maximum absolute atomic E-state index is 10.9. The molecule has 21 heavy (non-hydrogen) atoms. The highest BCUT2D eigenvalue weighted by atomic mass is 16.5. The molecule has 0 spiro atoms. The van der Waals surface area contributed by atoms with Crippen molar-refractivity contribution >= 4 is 0 Å². The minimum absolute atomic E-state index is 0.130. The Bertz CT molecular complexity index is 639. The lowest BCUT2D eigenvalue weighted by molar-refractivity contribution is 0.212. The average Bonchev–Trinajstić information content (AvgIpc) is 2.80. The van der Waals surface area contributed by atoms with Crippen LogP contribution in [-0.4, -0.2) is 22.0 Å². The monoisotopic (exact) mass is 288 g/mol. The first-order valence-corrected chi connectivity index (χ1v) is 7.10. The van der Waals surface area contributed by atoms with Crippen molar-refractivity contribution < 1.29 is 9.84 Å². The Morgan fingerprint density at radius 2 is 1.90 bits per heavy atom. The van der Waals surface area contributed by atoms with Gasteiger partial charge in [-0.25, -0.2) is 0 Å². The van der Waals surface area contributed by atoms with E-state index in [1.807, 2.05) is 38.4 Å². The third-order valence-electron chi connectivity index (χ3n) is 3.54. The van der Waals surface area contributed by atoms with Gasteiger partial charge in [0.1, 0.15) is 11.9 Å². The zero-order valence-corrected chi connectivity index (χ0v) is 13.6. The molecule has 4 nitrogen and oxygen atoms in total. The van der Waals surface area contributed by atoms with Crippen molar-refractivity contribution in [3.8, 4) is 5.75 Å². The van der Waals surface area contributed by atoms with Crippen LogP contribution < -0.4 is 4.74 Å². The summed E-state index contributed by atoms with van der Waals surface area (Å²) in [7, 11) is 3.49. The van der Waals surface area contributed by atoms with Crippen LogP contribution in [0, 0.1) is 6.92 Å². The zero-order valence-electron chi connectivity index (χ0n) is 13.6. The van der Waals surface area contributed by atoms with Crippen LogP contribution in [0.2, 0.25) is 0 Å². The van der Waals surface area contributed by atoms with E-state index in [0.717, 1.165) is 22.4 Å². The van der Waals surface area contributed by atoms with Crippen LogP contribution >= 0.6 is 0 Å². The summed E-state index contributed by atoms with van der Waals surface area (Å²) in [4.78, 5) is 0. The molecule has 1 heterocycles. The maximum atomic E-state index is 10.9. The number of aryl methyl sites for hydroxylation is 2. The number of nitrogens with zero attached hydrogens (tertiary/aromatic N) is 2. The fourth-order valence-corrected chi connectivity index (χ4v) is 2.52. The Morgan fingerprint density at radius 3 is 2.48 bits per heavy atom. The molecule has 0 fully saturated rings. The molecule has 2 rings (SSSR count). The van der Waals surface area contributed by atoms with Gasteiger partial charge in [0.2, 0.25) is 0 Å². The van der Waals surface area contributed by atoms with Gasteiger partial charge in [0.15, 0.2) is 0 Å². The minimum Gasteiger partial charge on any atom is -0.496 e. The lowest BCUT2D eigenvalue weighted by Crippen LogP contribution is -2.17. The van der Waals surface area contributed by atoms with Crippen molar-refractivity contribution in [1.82, 2.24) is 9.78 Å². The van der Waals surface area contributed by atoms with E-state index < -0.39 is 6.10 Å². The van der Waals surface area contributed by atoms with Crippen molar-refractivity contribution in [2.45, 2.75) is 39.2 Å². The lowest BCUT2D eigenvalue weighted by atomic mass is 9.86. The molecule has 114 valence electrons. The normalized spacial score (nSPS) is 13.3. The molecule has 4 heteroatoms. The van der Waals surface area contributed by atoms with E-state index in [1.54, 1.807) is 11.8 Å².